The van der Waals surface area contributed by atoms with Crippen molar-refractivity contribution in [3.63, 3.8) is 0 Å². The van der Waals surface area contributed by atoms with Crippen LogP contribution >= 0.6 is 11.3 Å². The molecule has 9 rings (SSSR count). The predicted octanol–water partition coefficient (Wildman–Crippen LogP) is 12.0. The second-order valence-corrected chi connectivity index (χ2v) is 14.7. The Balaban J connectivity index is 1.23. The molecule has 1 heterocycles. The standard InChI is InChI=1S/C43H34N2S/c1-42(2)35-16-10-8-14-31(35)33-21-18-28(24-37(33)42)45(29-19-22-34-32-15-9-11-17-36(32)43(3,4)38(34)25-29)30-20-23-40-39(26-30)44-41(46-40)27-12-6-5-7-13-27/h5-26H,1-4H3. The van der Waals surface area contributed by atoms with Crippen LogP contribution in [0.25, 0.3) is 43.0 Å². The molecular weight excluding hydrogens is 577 g/mol. The van der Waals surface area contributed by atoms with Crippen LogP contribution in [0.15, 0.2) is 133 Å². The molecule has 2 nitrogen and oxygen atoms in total. The first-order valence-electron chi connectivity index (χ1n) is 16.1. The molecular formula is C43H34N2S. The van der Waals surface area contributed by atoms with Gasteiger partial charge in [-0.1, -0.05) is 119 Å². The molecule has 0 saturated heterocycles. The Labute approximate surface area is 274 Å². The van der Waals surface area contributed by atoms with Crippen molar-refractivity contribution in [2.45, 2.75) is 38.5 Å². The largest absolute Gasteiger partial charge is 0.310 e. The molecule has 0 amide bonds. The number of hydrogen-bond acceptors (Lipinski definition) is 3. The summed E-state index contributed by atoms with van der Waals surface area (Å²) < 4.78 is 1.19. The molecule has 6 aromatic carbocycles. The maximum atomic E-state index is 5.12. The van der Waals surface area contributed by atoms with Gasteiger partial charge >= 0.3 is 0 Å². The summed E-state index contributed by atoms with van der Waals surface area (Å²) in [5, 5.41) is 1.05. The second kappa shape index (κ2) is 9.75. The Morgan fingerprint density at radius 2 is 0.957 bits per heavy atom. The van der Waals surface area contributed by atoms with Gasteiger partial charge in [-0.05, 0) is 87.0 Å². The third-order valence-electron chi connectivity index (χ3n) is 10.3. The van der Waals surface area contributed by atoms with Crippen molar-refractivity contribution < 1.29 is 0 Å². The van der Waals surface area contributed by atoms with Crippen LogP contribution in [0, 0.1) is 0 Å². The topological polar surface area (TPSA) is 16.1 Å². The van der Waals surface area contributed by atoms with Gasteiger partial charge in [0.1, 0.15) is 5.01 Å². The Kier molecular flexibility index (Phi) is 5.80. The molecule has 0 unspecified atom stereocenters. The van der Waals surface area contributed by atoms with E-state index in [0.717, 1.165) is 33.1 Å². The quantitative estimate of drug-likeness (QED) is 0.197. The normalized spacial score (nSPS) is 14.9. The van der Waals surface area contributed by atoms with E-state index < -0.39 is 0 Å². The van der Waals surface area contributed by atoms with E-state index in [1.54, 1.807) is 11.3 Å². The summed E-state index contributed by atoms with van der Waals surface area (Å²) in [6.07, 6.45) is 0. The van der Waals surface area contributed by atoms with Crippen LogP contribution in [-0.2, 0) is 10.8 Å². The molecule has 0 saturated carbocycles. The molecule has 2 aliphatic rings. The minimum absolute atomic E-state index is 0.0847. The second-order valence-electron chi connectivity index (χ2n) is 13.7. The molecule has 0 spiro atoms. The lowest BCUT2D eigenvalue weighted by Crippen LogP contribution is -2.18. The van der Waals surface area contributed by atoms with E-state index in [1.807, 2.05) is 0 Å². The van der Waals surface area contributed by atoms with E-state index in [2.05, 4.69) is 166 Å². The van der Waals surface area contributed by atoms with Gasteiger partial charge in [0, 0.05) is 33.5 Å². The highest BCUT2D eigenvalue weighted by molar-refractivity contribution is 7.21. The Morgan fingerprint density at radius 3 is 1.54 bits per heavy atom. The number of thiazole rings is 1. The number of benzene rings is 6. The summed E-state index contributed by atoms with van der Waals surface area (Å²) in [4.78, 5) is 7.55. The van der Waals surface area contributed by atoms with Crippen molar-refractivity contribution in [3.05, 3.63) is 156 Å². The summed E-state index contributed by atoms with van der Waals surface area (Å²) in [6, 6.07) is 49.1. The van der Waals surface area contributed by atoms with Gasteiger partial charge in [-0.15, -0.1) is 11.3 Å². The fourth-order valence-corrected chi connectivity index (χ4v) is 8.82. The van der Waals surface area contributed by atoms with Crippen molar-refractivity contribution in [1.82, 2.24) is 4.98 Å². The zero-order chi connectivity index (χ0) is 31.2. The zero-order valence-electron chi connectivity index (χ0n) is 26.5. The minimum Gasteiger partial charge on any atom is -0.310 e. The first-order chi connectivity index (χ1) is 22.3. The molecule has 222 valence electrons. The molecule has 0 N–H and O–H groups in total. The third kappa shape index (κ3) is 3.91. The Morgan fingerprint density at radius 1 is 0.478 bits per heavy atom. The number of nitrogens with zero attached hydrogens (tertiary/aromatic N) is 2. The van der Waals surface area contributed by atoms with Gasteiger partial charge in [-0.2, -0.15) is 0 Å². The molecule has 46 heavy (non-hydrogen) atoms. The first-order valence-corrected chi connectivity index (χ1v) is 16.9. The van der Waals surface area contributed by atoms with Gasteiger partial charge in [0.2, 0.25) is 0 Å². The van der Waals surface area contributed by atoms with Crippen LogP contribution in [0.2, 0.25) is 0 Å². The van der Waals surface area contributed by atoms with Gasteiger partial charge < -0.3 is 4.90 Å². The summed E-state index contributed by atoms with van der Waals surface area (Å²) >= 11 is 1.75. The lowest BCUT2D eigenvalue weighted by Gasteiger charge is -2.29. The van der Waals surface area contributed by atoms with E-state index in [-0.39, 0.29) is 10.8 Å². The van der Waals surface area contributed by atoms with Crippen molar-refractivity contribution in [1.29, 1.82) is 0 Å². The molecule has 0 aliphatic heterocycles. The minimum atomic E-state index is -0.0847. The first kappa shape index (κ1) is 27.3. The van der Waals surface area contributed by atoms with Crippen LogP contribution in [0.3, 0.4) is 0 Å². The van der Waals surface area contributed by atoms with E-state index in [4.69, 9.17) is 4.98 Å². The average molecular weight is 611 g/mol. The molecule has 0 radical (unpaired) electrons. The monoisotopic (exact) mass is 610 g/mol. The lowest BCUT2D eigenvalue weighted by atomic mass is 9.82. The average Bonchev–Trinajstić information content (AvgIpc) is 3.69. The zero-order valence-corrected chi connectivity index (χ0v) is 27.3. The van der Waals surface area contributed by atoms with E-state index in [1.165, 1.54) is 49.2 Å². The van der Waals surface area contributed by atoms with Crippen LogP contribution in [0.5, 0.6) is 0 Å². The predicted molar refractivity (Wildman–Crippen MR) is 195 cm³/mol. The SMILES string of the molecule is CC1(C)c2ccccc2-c2ccc(N(c3ccc4c(c3)C(C)(C)c3ccccc3-4)c3ccc4sc(-c5ccccc5)nc4c3)cc21. The lowest BCUT2D eigenvalue weighted by molar-refractivity contribution is 0.660. The van der Waals surface area contributed by atoms with Gasteiger partial charge in [0.15, 0.2) is 0 Å². The fourth-order valence-electron chi connectivity index (χ4n) is 7.87. The summed E-state index contributed by atoms with van der Waals surface area (Å²) in [6.45, 7) is 9.42. The van der Waals surface area contributed by atoms with E-state index in [9.17, 15) is 0 Å². The highest BCUT2D eigenvalue weighted by Crippen LogP contribution is 2.53. The van der Waals surface area contributed by atoms with Crippen molar-refractivity contribution in [3.8, 4) is 32.8 Å². The smallest absolute Gasteiger partial charge is 0.124 e. The molecule has 2 aliphatic carbocycles. The number of hydrogen-bond donors (Lipinski definition) is 0. The fraction of sp³-hybridized carbons (Fsp3) is 0.140. The van der Waals surface area contributed by atoms with Crippen molar-refractivity contribution >= 4 is 38.6 Å². The molecule has 3 heteroatoms. The Bertz CT molecular complexity index is 2220. The molecule has 0 bridgehead atoms. The van der Waals surface area contributed by atoms with Gasteiger partial charge in [0.25, 0.3) is 0 Å². The Hall–Kier alpha value is -4.99. The van der Waals surface area contributed by atoms with Crippen molar-refractivity contribution in [2.24, 2.45) is 0 Å². The molecule has 7 aromatic rings. The maximum Gasteiger partial charge on any atom is 0.124 e. The summed E-state index contributed by atoms with van der Waals surface area (Å²) in [7, 11) is 0. The van der Waals surface area contributed by atoms with Crippen LogP contribution < -0.4 is 4.90 Å². The number of aromatic nitrogens is 1. The third-order valence-corrected chi connectivity index (χ3v) is 11.4. The molecule has 0 atom stereocenters. The van der Waals surface area contributed by atoms with Crippen LogP contribution in [0.4, 0.5) is 17.1 Å². The van der Waals surface area contributed by atoms with Gasteiger partial charge in [0.05, 0.1) is 10.2 Å². The van der Waals surface area contributed by atoms with E-state index in [0.29, 0.717) is 0 Å². The number of anilines is 3. The van der Waals surface area contributed by atoms with Gasteiger partial charge in [-0.3, -0.25) is 0 Å². The number of fused-ring (bicyclic) bond motifs is 7. The highest BCUT2D eigenvalue weighted by Gasteiger charge is 2.37. The maximum absolute atomic E-state index is 5.12. The van der Waals surface area contributed by atoms with Crippen molar-refractivity contribution in [2.75, 3.05) is 4.90 Å². The highest BCUT2D eigenvalue weighted by atomic mass is 32.1. The van der Waals surface area contributed by atoms with Crippen LogP contribution in [-0.4, -0.2) is 4.98 Å². The molecule has 1 aromatic heterocycles. The van der Waals surface area contributed by atoms with E-state index >= 15 is 0 Å². The number of rotatable bonds is 4. The molecule has 0 fully saturated rings. The van der Waals surface area contributed by atoms with Gasteiger partial charge in [-0.25, -0.2) is 4.98 Å². The summed E-state index contributed by atoms with van der Waals surface area (Å²) in [5.41, 5.74) is 16.3. The van der Waals surface area contributed by atoms with Crippen LogP contribution in [0.1, 0.15) is 49.9 Å². The summed E-state index contributed by atoms with van der Waals surface area (Å²) in [5.74, 6) is 0.